The van der Waals surface area contributed by atoms with E-state index >= 15 is 0 Å². The van der Waals surface area contributed by atoms with Crippen molar-refractivity contribution in [2.45, 2.75) is 11.4 Å². The van der Waals surface area contributed by atoms with Crippen molar-refractivity contribution >= 4 is 17.7 Å². The molecule has 1 aromatic carbocycles. The van der Waals surface area contributed by atoms with Crippen molar-refractivity contribution in [3.05, 3.63) is 17.7 Å². The summed E-state index contributed by atoms with van der Waals surface area (Å²) < 4.78 is 16.0. The van der Waals surface area contributed by atoms with Crippen LogP contribution in [-0.2, 0) is 4.79 Å². The predicted molar refractivity (Wildman–Crippen MR) is 75.9 cm³/mol. The van der Waals surface area contributed by atoms with Crippen LogP contribution in [0.1, 0.15) is 10.9 Å². The van der Waals surface area contributed by atoms with Gasteiger partial charge in [-0.1, -0.05) is 0 Å². The zero-order valence-electron chi connectivity index (χ0n) is 11.5. The van der Waals surface area contributed by atoms with Crippen molar-refractivity contribution in [1.82, 2.24) is 5.32 Å². The Morgan fingerprint density at radius 3 is 2.25 bits per heavy atom. The van der Waals surface area contributed by atoms with Crippen LogP contribution in [0.4, 0.5) is 0 Å². The molecule has 6 nitrogen and oxygen atoms in total. The topological polar surface area (TPSA) is 77.0 Å². The first-order valence-corrected chi connectivity index (χ1v) is 7.06. The van der Waals surface area contributed by atoms with Crippen molar-refractivity contribution < 1.29 is 24.1 Å². The quantitative estimate of drug-likeness (QED) is 0.853. The van der Waals surface area contributed by atoms with Gasteiger partial charge in [-0.25, -0.2) is 0 Å². The molecule has 1 heterocycles. The van der Waals surface area contributed by atoms with Crippen molar-refractivity contribution in [1.29, 1.82) is 0 Å². The molecular weight excluding hydrogens is 282 g/mol. The Balaban J connectivity index is 2.37. The predicted octanol–water partition coefficient (Wildman–Crippen LogP) is 1.50. The average Bonchev–Trinajstić information content (AvgIpc) is 2.95. The molecule has 2 N–H and O–H groups in total. The Labute approximate surface area is 121 Å². The van der Waals surface area contributed by atoms with Crippen LogP contribution in [0.5, 0.6) is 17.2 Å². The Hall–Kier alpha value is -1.60. The van der Waals surface area contributed by atoms with Crippen LogP contribution in [0.15, 0.2) is 12.1 Å². The molecule has 1 aliphatic heterocycles. The summed E-state index contributed by atoms with van der Waals surface area (Å²) in [6.07, 6.45) is 0. The average molecular weight is 299 g/mol. The lowest BCUT2D eigenvalue weighted by Gasteiger charge is -2.19. The van der Waals surface area contributed by atoms with Crippen LogP contribution < -0.4 is 19.5 Å². The van der Waals surface area contributed by atoms with Crippen LogP contribution in [0.3, 0.4) is 0 Å². The lowest BCUT2D eigenvalue weighted by molar-refractivity contribution is -0.138. The minimum atomic E-state index is -0.855. The smallest absolute Gasteiger partial charge is 0.321 e. The summed E-state index contributed by atoms with van der Waals surface area (Å²) in [6, 6.07) is 2.95. The van der Waals surface area contributed by atoms with Crippen LogP contribution in [0, 0.1) is 0 Å². The third-order valence-electron chi connectivity index (χ3n) is 3.10. The Bertz CT molecular complexity index is 483. The Morgan fingerprint density at radius 2 is 1.85 bits per heavy atom. The van der Waals surface area contributed by atoms with E-state index in [1.54, 1.807) is 33.5 Å². The van der Waals surface area contributed by atoms with Crippen LogP contribution in [0.2, 0.25) is 0 Å². The van der Waals surface area contributed by atoms with Crippen molar-refractivity contribution in [2.24, 2.45) is 0 Å². The van der Waals surface area contributed by atoms with Gasteiger partial charge in [0.1, 0.15) is 23.3 Å². The molecule has 2 atom stereocenters. The van der Waals surface area contributed by atoms with Gasteiger partial charge in [0.05, 0.1) is 32.3 Å². The summed E-state index contributed by atoms with van der Waals surface area (Å²) in [5, 5.41) is 11.9. The van der Waals surface area contributed by atoms with E-state index in [9.17, 15) is 4.79 Å². The van der Waals surface area contributed by atoms with Gasteiger partial charge in [0.25, 0.3) is 0 Å². The summed E-state index contributed by atoms with van der Waals surface area (Å²) in [4.78, 5) is 11.0. The van der Waals surface area contributed by atoms with E-state index in [1.165, 1.54) is 11.8 Å². The van der Waals surface area contributed by atoms with Gasteiger partial charge in [-0.3, -0.25) is 10.1 Å². The molecule has 0 bridgehead atoms. The number of thioether (sulfide) groups is 1. The summed E-state index contributed by atoms with van der Waals surface area (Å²) in [5.74, 6) is 1.49. The fraction of sp³-hybridized carbons (Fsp3) is 0.462. The Kier molecular flexibility index (Phi) is 4.61. The second kappa shape index (κ2) is 6.23. The number of aliphatic carboxylic acids is 1. The van der Waals surface area contributed by atoms with E-state index in [1.807, 2.05) is 0 Å². The molecule has 0 saturated carbocycles. The summed E-state index contributed by atoms with van der Waals surface area (Å²) in [7, 11) is 4.69. The molecule has 110 valence electrons. The van der Waals surface area contributed by atoms with Crippen LogP contribution in [0.25, 0.3) is 0 Å². The van der Waals surface area contributed by atoms with E-state index in [-0.39, 0.29) is 5.37 Å². The number of rotatable bonds is 5. The van der Waals surface area contributed by atoms with Crippen molar-refractivity contribution in [3.63, 3.8) is 0 Å². The maximum absolute atomic E-state index is 11.0. The fourth-order valence-electron chi connectivity index (χ4n) is 2.07. The number of methoxy groups -OCH3 is 3. The van der Waals surface area contributed by atoms with Crippen molar-refractivity contribution in [2.75, 3.05) is 27.1 Å². The highest BCUT2D eigenvalue weighted by molar-refractivity contribution is 7.99. The maximum Gasteiger partial charge on any atom is 0.321 e. The van der Waals surface area contributed by atoms with Crippen LogP contribution >= 0.6 is 11.8 Å². The molecule has 1 unspecified atom stereocenters. The van der Waals surface area contributed by atoms with Gasteiger partial charge in [0.15, 0.2) is 0 Å². The van der Waals surface area contributed by atoms with Gasteiger partial charge in [-0.2, -0.15) is 0 Å². The van der Waals surface area contributed by atoms with E-state index in [0.29, 0.717) is 23.0 Å². The zero-order valence-corrected chi connectivity index (χ0v) is 12.3. The number of carboxylic acid groups (broad SMARTS) is 1. The van der Waals surface area contributed by atoms with Crippen molar-refractivity contribution in [3.8, 4) is 17.2 Å². The highest BCUT2D eigenvalue weighted by Crippen LogP contribution is 2.44. The number of hydrogen-bond acceptors (Lipinski definition) is 6. The highest BCUT2D eigenvalue weighted by Gasteiger charge is 2.34. The Morgan fingerprint density at radius 1 is 1.25 bits per heavy atom. The second-order valence-corrected chi connectivity index (χ2v) is 5.35. The van der Waals surface area contributed by atoms with E-state index in [0.717, 1.165) is 5.56 Å². The summed E-state index contributed by atoms with van der Waals surface area (Å²) in [5.41, 5.74) is 0.796. The molecular formula is C13H17NO5S. The first-order valence-electron chi connectivity index (χ1n) is 6.01. The minimum absolute atomic E-state index is 0.188. The molecule has 0 aromatic heterocycles. The third kappa shape index (κ3) is 2.78. The molecule has 2 rings (SSSR count). The number of benzene rings is 1. The molecule has 1 aliphatic rings. The molecule has 1 saturated heterocycles. The molecule has 1 aromatic rings. The normalized spacial score (nSPS) is 21.6. The molecule has 1 fully saturated rings. The lowest BCUT2D eigenvalue weighted by atomic mass is 10.1. The fourth-order valence-corrected chi connectivity index (χ4v) is 3.35. The van der Waals surface area contributed by atoms with Gasteiger partial charge >= 0.3 is 5.97 Å². The molecule has 7 heteroatoms. The van der Waals surface area contributed by atoms with E-state index in [2.05, 4.69) is 5.32 Å². The van der Waals surface area contributed by atoms with Gasteiger partial charge < -0.3 is 19.3 Å². The number of carbonyl (C=O) groups is 1. The number of nitrogens with one attached hydrogen (secondary N) is 1. The largest absolute Gasteiger partial charge is 0.496 e. The maximum atomic E-state index is 11.0. The molecule has 0 radical (unpaired) electrons. The highest BCUT2D eigenvalue weighted by atomic mass is 32.2. The second-order valence-electron chi connectivity index (χ2n) is 4.22. The summed E-state index contributed by atoms with van der Waals surface area (Å²) >= 11 is 1.51. The SMILES string of the molecule is COc1cc(OC)c(C2N[C@H](C(=O)O)CS2)c(OC)c1. The molecule has 0 aliphatic carbocycles. The number of carboxylic acids is 1. The number of ether oxygens (including phenoxy) is 3. The zero-order chi connectivity index (χ0) is 14.7. The minimum Gasteiger partial charge on any atom is -0.496 e. The lowest BCUT2D eigenvalue weighted by Crippen LogP contribution is -2.33. The third-order valence-corrected chi connectivity index (χ3v) is 4.33. The molecule has 0 spiro atoms. The van der Waals surface area contributed by atoms with Gasteiger partial charge in [-0.15, -0.1) is 11.8 Å². The molecule has 20 heavy (non-hydrogen) atoms. The number of hydrogen-bond donors (Lipinski definition) is 2. The van der Waals surface area contributed by atoms with Gasteiger partial charge in [-0.05, 0) is 0 Å². The standard InChI is InChI=1S/C13H17NO5S/c1-17-7-4-9(18-2)11(10(5-7)19-3)12-14-8(6-20-12)13(15)16/h4-5,8,12,14H,6H2,1-3H3,(H,15,16)/t8-,12?/m0/s1. The first-order chi connectivity index (χ1) is 9.60. The van der Waals surface area contributed by atoms with E-state index < -0.39 is 12.0 Å². The van der Waals surface area contributed by atoms with Gasteiger partial charge in [0, 0.05) is 17.9 Å². The monoisotopic (exact) mass is 299 g/mol. The van der Waals surface area contributed by atoms with E-state index in [4.69, 9.17) is 19.3 Å². The summed E-state index contributed by atoms with van der Waals surface area (Å²) in [6.45, 7) is 0. The first kappa shape index (κ1) is 14.8. The van der Waals surface area contributed by atoms with Crippen LogP contribution in [-0.4, -0.2) is 44.2 Å². The van der Waals surface area contributed by atoms with Gasteiger partial charge in [0.2, 0.25) is 0 Å². The molecule has 0 amide bonds.